The molecule has 1 saturated carbocycles. The number of alkyl halides is 3. The van der Waals surface area contributed by atoms with Crippen LogP contribution < -0.4 is 9.80 Å². The molecule has 0 N–H and O–H groups in total. The first-order chi connectivity index (χ1) is 14.6. The molecule has 2 aliphatic rings. The number of hydrogen-bond donors (Lipinski definition) is 0. The summed E-state index contributed by atoms with van der Waals surface area (Å²) < 4.78 is 40.5. The predicted molar refractivity (Wildman–Crippen MR) is 115 cm³/mol. The number of amides is 1. The summed E-state index contributed by atoms with van der Waals surface area (Å²) in [5, 5.41) is 0. The van der Waals surface area contributed by atoms with Crippen LogP contribution in [0.1, 0.15) is 48.9 Å². The summed E-state index contributed by atoms with van der Waals surface area (Å²) in [5.74, 6) is 0.458. The van der Waals surface area contributed by atoms with Gasteiger partial charge in [0.15, 0.2) is 0 Å². The average Bonchev–Trinajstić information content (AvgIpc) is 3.11. The second-order valence-corrected chi connectivity index (χ2v) is 8.86. The maximum Gasteiger partial charge on any atom is 0.416 e. The van der Waals surface area contributed by atoms with Crippen LogP contribution in [0.2, 0.25) is 0 Å². The largest absolute Gasteiger partial charge is 0.416 e. The molecule has 31 heavy (non-hydrogen) atoms. The van der Waals surface area contributed by atoms with E-state index in [4.69, 9.17) is 0 Å². The minimum Gasteiger partial charge on any atom is -0.341 e. The predicted octanol–water partition coefficient (Wildman–Crippen LogP) is 5.52. The topological polar surface area (TPSA) is 36.4 Å². The van der Waals surface area contributed by atoms with Crippen molar-refractivity contribution in [1.82, 2.24) is 4.98 Å². The molecule has 2 fully saturated rings. The second-order valence-electron chi connectivity index (χ2n) is 8.86. The summed E-state index contributed by atoms with van der Waals surface area (Å²) >= 11 is 0. The summed E-state index contributed by atoms with van der Waals surface area (Å²) in [6.45, 7) is 3.54. The van der Waals surface area contributed by atoms with E-state index in [1.807, 2.05) is 36.1 Å². The number of likely N-dealkylation sites (N-methyl/N-ethyl adjacent to an activating group) is 1. The first-order valence-electron chi connectivity index (χ1n) is 10.8. The summed E-state index contributed by atoms with van der Waals surface area (Å²) in [5.41, 5.74) is 1.42. The van der Waals surface area contributed by atoms with Gasteiger partial charge in [0.05, 0.1) is 5.56 Å². The van der Waals surface area contributed by atoms with Gasteiger partial charge < -0.3 is 9.80 Å². The molecule has 1 aliphatic carbocycles. The normalized spacial score (nSPS) is 23.5. The molecule has 4 nitrogen and oxygen atoms in total. The molecule has 2 aromatic rings. The van der Waals surface area contributed by atoms with E-state index in [1.165, 1.54) is 0 Å². The van der Waals surface area contributed by atoms with Crippen LogP contribution in [-0.4, -0.2) is 30.0 Å². The highest BCUT2D eigenvalue weighted by Crippen LogP contribution is 2.43. The fourth-order valence-electron chi connectivity index (χ4n) is 5.14. The molecule has 1 aliphatic heterocycles. The number of carbonyl (C=O) groups excluding carboxylic acids is 1. The summed E-state index contributed by atoms with van der Waals surface area (Å²) in [7, 11) is 1.74. The van der Waals surface area contributed by atoms with E-state index < -0.39 is 17.8 Å². The molecule has 0 radical (unpaired) electrons. The number of benzene rings is 1. The zero-order valence-corrected chi connectivity index (χ0v) is 18.1. The van der Waals surface area contributed by atoms with Crippen LogP contribution >= 0.6 is 0 Å². The van der Waals surface area contributed by atoms with Gasteiger partial charge in [-0.3, -0.25) is 4.79 Å². The van der Waals surface area contributed by atoms with Gasteiger partial charge in [0, 0.05) is 24.5 Å². The SMILES string of the molecule is Cc1cccc(N(C)C(=O)[C@@H]2C[C@@H]3CCCC[C@@H]3N2c2cc(C(F)(F)F)cc(C)n2)c1. The molecule has 2 heterocycles. The minimum atomic E-state index is -4.45. The maximum absolute atomic E-state index is 13.6. The fraction of sp³-hybridized carbons (Fsp3) is 0.500. The Morgan fingerprint density at radius 2 is 1.87 bits per heavy atom. The lowest BCUT2D eigenvalue weighted by Gasteiger charge is -2.36. The zero-order chi connectivity index (χ0) is 22.3. The Balaban J connectivity index is 1.73. The number of halogens is 3. The number of carbonyl (C=O) groups is 1. The van der Waals surface area contributed by atoms with Crippen molar-refractivity contribution in [3.05, 3.63) is 53.2 Å². The Kier molecular flexibility index (Phi) is 5.71. The van der Waals surface area contributed by atoms with Crippen molar-refractivity contribution in [3.63, 3.8) is 0 Å². The molecular formula is C24H28F3N3O. The molecule has 7 heteroatoms. The van der Waals surface area contributed by atoms with Crippen molar-refractivity contribution in [1.29, 1.82) is 0 Å². The van der Waals surface area contributed by atoms with E-state index in [0.29, 0.717) is 18.0 Å². The number of fused-ring (bicyclic) bond motifs is 1. The molecule has 0 unspecified atom stereocenters. The molecule has 166 valence electrons. The lowest BCUT2D eigenvalue weighted by molar-refractivity contribution is -0.137. The molecule has 1 aromatic carbocycles. The highest BCUT2D eigenvalue weighted by molar-refractivity contribution is 5.99. The Morgan fingerprint density at radius 3 is 2.58 bits per heavy atom. The second kappa shape index (κ2) is 8.17. The number of anilines is 2. The summed E-state index contributed by atoms with van der Waals surface area (Å²) in [4.78, 5) is 21.6. The average molecular weight is 432 g/mol. The molecule has 0 bridgehead atoms. The van der Waals surface area contributed by atoms with Gasteiger partial charge in [-0.1, -0.05) is 25.0 Å². The quantitative estimate of drug-likeness (QED) is 0.642. The van der Waals surface area contributed by atoms with Gasteiger partial charge in [-0.25, -0.2) is 4.98 Å². The van der Waals surface area contributed by atoms with Gasteiger partial charge in [0.25, 0.3) is 0 Å². The number of nitrogens with zero attached hydrogens (tertiary/aromatic N) is 3. The number of aryl methyl sites for hydroxylation is 2. The Labute approximate surface area is 181 Å². The van der Waals surface area contributed by atoms with E-state index in [9.17, 15) is 18.0 Å². The lowest BCUT2D eigenvalue weighted by Crippen LogP contribution is -2.48. The van der Waals surface area contributed by atoms with E-state index in [0.717, 1.165) is 49.1 Å². The van der Waals surface area contributed by atoms with E-state index >= 15 is 0 Å². The third-order valence-corrected chi connectivity index (χ3v) is 6.62. The van der Waals surface area contributed by atoms with Crippen LogP contribution in [0.4, 0.5) is 24.7 Å². The molecular weight excluding hydrogens is 403 g/mol. The minimum absolute atomic E-state index is 0.0454. The molecule has 0 spiro atoms. The van der Waals surface area contributed by atoms with Crippen molar-refractivity contribution in [3.8, 4) is 0 Å². The Morgan fingerprint density at radius 1 is 1.13 bits per heavy atom. The van der Waals surface area contributed by atoms with Crippen molar-refractivity contribution >= 4 is 17.4 Å². The van der Waals surface area contributed by atoms with E-state index in [1.54, 1.807) is 18.9 Å². The first kappa shape index (κ1) is 21.7. The summed E-state index contributed by atoms with van der Waals surface area (Å²) in [6.07, 6.45) is 0.183. The van der Waals surface area contributed by atoms with Crippen LogP contribution in [0.3, 0.4) is 0 Å². The Bertz CT molecular complexity index is 975. The molecule has 1 amide bonds. The Hall–Kier alpha value is -2.57. The number of pyridine rings is 1. The number of rotatable bonds is 3. The first-order valence-corrected chi connectivity index (χ1v) is 10.8. The lowest BCUT2D eigenvalue weighted by atomic mass is 9.84. The van der Waals surface area contributed by atoms with Crippen molar-refractivity contribution < 1.29 is 18.0 Å². The van der Waals surface area contributed by atoms with Gasteiger partial charge in [-0.15, -0.1) is 0 Å². The third-order valence-electron chi connectivity index (χ3n) is 6.62. The van der Waals surface area contributed by atoms with Crippen LogP contribution in [0.25, 0.3) is 0 Å². The smallest absolute Gasteiger partial charge is 0.341 e. The van der Waals surface area contributed by atoms with Crippen molar-refractivity contribution in [2.45, 2.75) is 64.2 Å². The standard InChI is InChI=1S/C24H28F3N3O/c1-15-7-6-9-19(11-15)29(3)23(31)21-13-17-8-4-5-10-20(17)30(21)22-14-18(24(25,26)27)12-16(2)28-22/h6-7,9,11-12,14,17,20-21H,4-5,8,10,13H2,1-3H3/t17-,20-,21-/m0/s1. The van der Waals surface area contributed by atoms with Crippen LogP contribution in [0.15, 0.2) is 36.4 Å². The van der Waals surface area contributed by atoms with E-state index in [-0.39, 0.29) is 17.8 Å². The van der Waals surface area contributed by atoms with E-state index in [2.05, 4.69) is 4.98 Å². The van der Waals surface area contributed by atoms with Gasteiger partial charge in [0.1, 0.15) is 11.9 Å². The fourth-order valence-corrected chi connectivity index (χ4v) is 5.14. The third kappa shape index (κ3) is 4.27. The summed E-state index contributed by atoms with van der Waals surface area (Å²) in [6, 6.07) is 9.38. The maximum atomic E-state index is 13.6. The monoisotopic (exact) mass is 431 g/mol. The molecule has 3 atom stereocenters. The molecule has 4 rings (SSSR count). The number of aromatic nitrogens is 1. The zero-order valence-electron chi connectivity index (χ0n) is 18.1. The molecule has 1 aromatic heterocycles. The van der Waals surface area contributed by atoms with Gasteiger partial charge in [-0.05, 0) is 68.9 Å². The van der Waals surface area contributed by atoms with Gasteiger partial charge >= 0.3 is 6.18 Å². The van der Waals surface area contributed by atoms with Crippen molar-refractivity contribution in [2.75, 3.05) is 16.8 Å². The van der Waals surface area contributed by atoms with Gasteiger partial charge in [-0.2, -0.15) is 13.2 Å². The number of hydrogen-bond acceptors (Lipinski definition) is 3. The molecule has 1 saturated heterocycles. The highest BCUT2D eigenvalue weighted by Gasteiger charge is 2.47. The highest BCUT2D eigenvalue weighted by atomic mass is 19.4. The van der Waals surface area contributed by atoms with Crippen LogP contribution in [0.5, 0.6) is 0 Å². The van der Waals surface area contributed by atoms with Crippen LogP contribution in [0, 0.1) is 19.8 Å². The van der Waals surface area contributed by atoms with Gasteiger partial charge in [0.2, 0.25) is 5.91 Å². The van der Waals surface area contributed by atoms with Crippen molar-refractivity contribution in [2.24, 2.45) is 5.92 Å². The van der Waals surface area contributed by atoms with Crippen LogP contribution in [-0.2, 0) is 11.0 Å².